The van der Waals surface area contributed by atoms with Gasteiger partial charge in [0.2, 0.25) is 0 Å². The zero-order chi connectivity index (χ0) is 17.6. The molecule has 2 rings (SSSR count). The largest absolute Gasteiger partial charge is 0.352 e. The Labute approximate surface area is 143 Å². The van der Waals surface area contributed by atoms with Crippen LogP contribution in [-0.2, 0) is 10.0 Å². The SMILES string of the molecule is CCCCNC(=O)c1ccc(NS(=O)(=O)c2ccc(C)cc2)cc1. The van der Waals surface area contributed by atoms with Gasteiger partial charge in [-0.3, -0.25) is 9.52 Å². The Hall–Kier alpha value is -2.34. The first kappa shape index (κ1) is 18.0. The van der Waals surface area contributed by atoms with Gasteiger partial charge >= 0.3 is 0 Å². The molecule has 6 heteroatoms. The van der Waals surface area contributed by atoms with Crippen molar-refractivity contribution < 1.29 is 13.2 Å². The molecule has 128 valence electrons. The van der Waals surface area contributed by atoms with Gasteiger partial charge in [-0.2, -0.15) is 0 Å². The molecule has 2 aromatic rings. The number of aryl methyl sites for hydroxylation is 1. The van der Waals surface area contributed by atoms with E-state index in [1.807, 2.05) is 6.92 Å². The topological polar surface area (TPSA) is 75.3 Å². The summed E-state index contributed by atoms with van der Waals surface area (Å²) in [5, 5.41) is 2.82. The number of anilines is 1. The normalized spacial score (nSPS) is 11.1. The standard InChI is InChI=1S/C18H22N2O3S/c1-3-4-13-19-18(21)15-7-9-16(10-8-15)20-24(22,23)17-11-5-14(2)6-12-17/h5-12,20H,3-4,13H2,1-2H3,(H,19,21). The summed E-state index contributed by atoms with van der Waals surface area (Å²) in [6, 6.07) is 13.0. The molecule has 0 fully saturated rings. The fraction of sp³-hybridized carbons (Fsp3) is 0.278. The molecular formula is C18H22N2O3S. The van der Waals surface area contributed by atoms with Crippen molar-refractivity contribution in [3.05, 3.63) is 59.7 Å². The van der Waals surface area contributed by atoms with Crippen molar-refractivity contribution in [2.75, 3.05) is 11.3 Å². The molecule has 0 saturated heterocycles. The van der Waals surface area contributed by atoms with Gasteiger partial charge in [-0.15, -0.1) is 0 Å². The van der Waals surface area contributed by atoms with Crippen LogP contribution in [0.3, 0.4) is 0 Å². The number of rotatable bonds is 7. The quantitative estimate of drug-likeness (QED) is 0.755. The first-order chi connectivity index (χ1) is 11.4. The lowest BCUT2D eigenvalue weighted by Crippen LogP contribution is -2.24. The zero-order valence-corrected chi connectivity index (χ0v) is 14.7. The first-order valence-electron chi connectivity index (χ1n) is 7.90. The van der Waals surface area contributed by atoms with Gasteiger partial charge in [0.05, 0.1) is 4.90 Å². The van der Waals surface area contributed by atoms with Crippen molar-refractivity contribution in [3.63, 3.8) is 0 Å². The number of sulfonamides is 1. The first-order valence-corrected chi connectivity index (χ1v) is 9.38. The molecular weight excluding hydrogens is 324 g/mol. The molecule has 0 atom stereocenters. The molecule has 0 aliphatic rings. The van der Waals surface area contributed by atoms with Crippen LogP contribution in [0.4, 0.5) is 5.69 Å². The molecule has 0 bridgehead atoms. The van der Waals surface area contributed by atoms with E-state index in [9.17, 15) is 13.2 Å². The molecule has 0 spiro atoms. The summed E-state index contributed by atoms with van der Waals surface area (Å²) in [5.41, 5.74) is 1.91. The van der Waals surface area contributed by atoms with Gasteiger partial charge in [0.25, 0.3) is 15.9 Å². The van der Waals surface area contributed by atoms with E-state index in [1.54, 1.807) is 48.5 Å². The van der Waals surface area contributed by atoms with Gasteiger partial charge in [-0.05, 0) is 49.7 Å². The molecule has 0 saturated carbocycles. The highest BCUT2D eigenvalue weighted by Crippen LogP contribution is 2.17. The Kier molecular flexibility index (Phi) is 5.98. The number of amides is 1. The van der Waals surface area contributed by atoms with E-state index >= 15 is 0 Å². The Balaban J connectivity index is 2.05. The summed E-state index contributed by atoms with van der Waals surface area (Å²) in [6.45, 7) is 4.59. The third-order valence-electron chi connectivity index (χ3n) is 3.55. The molecule has 1 amide bonds. The van der Waals surface area contributed by atoms with Crippen LogP contribution in [0.2, 0.25) is 0 Å². The highest BCUT2D eigenvalue weighted by atomic mass is 32.2. The van der Waals surface area contributed by atoms with Gasteiger partial charge in [-0.1, -0.05) is 31.0 Å². The molecule has 0 aromatic heterocycles. The van der Waals surface area contributed by atoms with Gasteiger partial charge in [0.1, 0.15) is 0 Å². The van der Waals surface area contributed by atoms with E-state index in [4.69, 9.17) is 0 Å². The van der Waals surface area contributed by atoms with Crippen LogP contribution >= 0.6 is 0 Å². The summed E-state index contributed by atoms with van der Waals surface area (Å²) < 4.78 is 27.1. The number of hydrogen-bond donors (Lipinski definition) is 2. The average molecular weight is 346 g/mol. The van der Waals surface area contributed by atoms with E-state index in [1.165, 1.54) is 0 Å². The Morgan fingerprint density at radius 1 is 1.00 bits per heavy atom. The van der Waals surface area contributed by atoms with Crippen LogP contribution in [0.25, 0.3) is 0 Å². The monoisotopic (exact) mass is 346 g/mol. The van der Waals surface area contributed by atoms with Crippen LogP contribution in [0.5, 0.6) is 0 Å². The molecule has 0 aliphatic carbocycles. The maximum Gasteiger partial charge on any atom is 0.261 e. The average Bonchev–Trinajstić information content (AvgIpc) is 2.55. The minimum absolute atomic E-state index is 0.156. The number of benzene rings is 2. The predicted molar refractivity (Wildman–Crippen MR) is 95.7 cm³/mol. The summed E-state index contributed by atoms with van der Waals surface area (Å²) in [5.74, 6) is -0.156. The van der Waals surface area contributed by atoms with Crippen LogP contribution in [0, 0.1) is 6.92 Å². The fourth-order valence-electron chi connectivity index (χ4n) is 2.10. The van der Waals surface area contributed by atoms with Gasteiger partial charge in [0, 0.05) is 17.8 Å². The van der Waals surface area contributed by atoms with E-state index < -0.39 is 10.0 Å². The maximum atomic E-state index is 12.3. The lowest BCUT2D eigenvalue weighted by atomic mass is 10.2. The number of unbranched alkanes of at least 4 members (excludes halogenated alkanes) is 1. The van der Waals surface area contributed by atoms with E-state index in [0.29, 0.717) is 17.8 Å². The molecule has 0 unspecified atom stereocenters. The summed E-state index contributed by atoms with van der Waals surface area (Å²) in [7, 11) is -3.63. The molecule has 2 aromatic carbocycles. The van der Waals surface area contributed by atoms with E-state index in [0.717, 1.165) is 18.4 Å². The van der Waals surface area contributed by atoms with Gasteiger partial charge in [-0.25, -0.2) is 8.42 Å². The van der Waals surface area contributed by atoms with Crippen molar-refractivity contribution in [2.45, 2.75) is 31.6 Å². The van der Waals surface area contributed by atoms with Crippen LogP contribution in [-0.4, -0.2) is 20.9 Å². The smallest absolute Gasteiger partial charge is 0.261 e. The summed E-state index contributed by atoms with van der Waals surface area (Å²) in [6.07, 6.45) is 1.94. The molecule has 0 aliphatic heterocycles. The minimum Gasteiger partial charge on any atom is -0.352 e. The fourth-order valence-corrected chi connectivity index (χ4v) is 3.16. The summed E-state index contributed by atoms with van der Waals surface area (Å²) >= 11 is 0. The third-order valence-corrected chi connectivity index (χ3v) is 4.94. The second-order valence-corrected chi connectivity index (χ2v) is 7.29. The van der Waals surface area contributed by atoms with Crippen LogP contribution < -0.4 is 10.0 Å². The molecule has 5 nitrogen and oxygen atoms in total. The van der Waals surface area contributed by atoms with Crippen molar-refractivity contribution in [2.24, 2.45) is 0 Å². The van der Waals surface area contributed by atoms with Crippen molar-refractivity contribution in [1.29, 1.82) is 0 Å². The van der Waals surface area contributed by atoms with Gasteiger partial charge in [0.15, 0.2) is 0 Å². The van der Waals surface area contributed by atoms with Crippen molar-refractivity contribution in [1.82, 2.24) is 5.32 Å². The Morgan fingerprint density at radius 3 is 2.21 bits per heavy atom. The van der Waals surface area contributed by atoms with E-state index in [2.05, 4.69) is 17.0 Å². The van der Waals surface area contributed by atoms with Crippen molar-refractivity contribution in [3.8, 4) is 0 Å². The lowest BCUT2D eigenvalue weighted by Gasteiger charge is -2.09. The zero-order valence-electron chi connectivity index (χ0n) is 13.9. The number of hydrogen-bond acceptors (Lipinski definition) is 3. The third kappa shape index (κ3) is 4.83. The lowest BCUT2D eigenvalue weighted by molar-refractivity contribution is 0.0953. The molecule has 0 radical (unpaired) electrons. The Morgan fingerprint density at radius 2 is 1.62 bits per heavy atom. The van der Waals surface area contributed by atoms with Crippen LogP contribution in [0.15, 0.2) is 53.4 Å². The summed E-state index contributed by atoms with van der Waals surface area (Å²) in [4.78, 5) is 12.1. The van der Waals surface area contributed by atoms with Crippen molar-refractivity contribution >= 4 is 21.6 Å². The minimum atomic E-state index is -3.63. The second-order valence-electron chi connectivity index (χ2n) is 5.61. The predicted octanol–water partition coefficient (Wildman–Crippen LogP) is 3.33. The molecule has 0 heterocycles. The Bertz CT molecular complexity index is 782. The number of carbonyl (C=O) groups is 1. The number of nitrogens with one attached hydrogen (secondary N) is 2. The molecule has 24 heavy (non-hydrogen) atoms. The number of carbonyl (C=O) groups excluding carboxylic acids is 1. The highest BCUT2D eigenvalue weighted by Gasteiger charge is 2.14. The second kappa shape index (κ2) is 7.97. The molecule has 2 N–H and O–H groups in total. The van der Waals surface area contributed by atoms with Crippen LogP contribution in [0.1, 0.15) is 35.7 Å². The van der Waals surface area contributed by atoms with Gasteiger partial charge < -0.3 is 5.32 Å². The maximum absolute atomic E-state index is 12.3. The highest BCUT2D eigenvalue weighted by molar-refractivity contribution is 7.92. The van der Waals surface area contributed by atoms with E-state index in [-0.39, 0.29) is 10.8 Å².